The number of aromatic nitrogens is 5. The Morgan fingerprint density at radius 3 is 2.71 bits per heavy atom. The number of furan rings is 1. The lowest BCUT2D eigenvalue weighted by molar-refractivity contribution is 0.0963. The Labute approximate surface area is 159 Å². The van der Waals surface area contributed by atoms with E-state index in [1.807, 2.05) is 12.1 Å². The molecule has 0 spiro atoms. The standard InChI is InChI=1S/C18H16N8O2/c1-19-16(27)11-4-2-5-12(8-11)22-17-20-10-21-18(24-17)23-15-9-13(25-26-15)14-6-3-7-28-14/h2-10H,1H3,(H,19,27)(H3,20,21,22,23,24,25,26). The largest absolute Gasteiger partial charge is 0.463 e. The van der Waals surface area contributed by atoms with Crippen molar-refractivity contribution in [3.63, 3.8) is 0 Å². The number of nitrogens with zero attached hydrogens (tertiary/aromatic N) is 4. The van der Waals surface area contributed by atoms with Gasteiger partial charge in [-0.2, -0.15) is 10.1 Å². The summed E-state index contributed by atoms with van der Waals surface area (Å²) in [6, 6.07) is 12.4. The first-order chi connectivity index (χ1) is 13.7. The van der Waals surface area contributed by atoms with Crippen molar-refractivity contribution in [2.24, 2.45) is 0 Å². The molecule has 0 atom stereocenters. The summed E-state index contributed by atoms with van der Waals surface area (Å²) in [5.74, 6) is 1.68. The fraction of sp³-hybridized carbons (Fsp3) is 0.0556. The van der Waals surface area contributed by atoms with Gasteiger partial charge in [0.25, 0.3) is 5.91 Å². The van der Waals surface area contributed by atoms with Crippen molar-refractivity contribution in [2.75, 3.05) is 17.7 Å². The van der Waals surface area contributed by atoms with Gasteiger partial charge in [-0.05, 0) is 30.3 Å². The number of rotatable bonds is 6. The molecule has 0 saturated heterocycles. The maximum Gasteiger partial charge on any atom is 0.251 e. The molecule has 0 radical (unpaired) electrons. The van der Waals surface area contributed by atoms with Crippen molar-refractivity contribution in [3.05, 3.63) is 60.6 Å². The van der Waals surface area contributed by atoms with Crippen LogP contribution in [0.15, 0.2) is 59.5 Å². The van der Waals surface area contributed by atoms with Gasteiger partial charge in [0.2, 0.25) is 11.9 Å². The van der Waals surface area contributed by atoms with Crippen LogP contribution < -0.4 is 16.0 Å². The molecule has 0 fully saturated rings. The maximum atomic E-state index is 11.8. The second-order valence-corrected chi connectivity index (χ2v) is 5.69. The van der Waals surface area contributed by atoms with E-state index in [0.29, 0.717) is 34.7 Å². The second kappa shape index (κ2) is 7.58. The smallest absolute Gasteiger partial charge is 0.251 e. The molecule has 4 N–H and O–H groups in total. The minimum absolute atomic E-state index is 0.174. The summed E-state index contributed by atoms with van der Waals surface area (Å²) in [4.78, 5) is 24.3. The lowest BCUT2D eigenvalue weighted by Gasteiger charge is -2.07. The third-order valence-corrected chi connectivity index (χ3v) is 3.78. The molecule has 4 rings (SSSR count). The van der Waals surface area contributed by atoms with E-state index < -0.39 is 0 Å². The van der Waals surface area contributed by atoms with Gasteiger partial charge in [0.05, 0.1) is 6.26 Å². The van der Waals surface area contributed by atoms with Crippen LogP contribution in [0.1, 0.15) is 10.4 Å². The van der Waals surface area contributed by atoms with Crippen molar-refractivity contribution in [1.82, 2.24) is 30.5 Å². The Bertz CT molecular complexity index is 1090. The molecular formula is C18H16N8O2. The van der Waals surface area contributed by atoms with E-state index in [0.717, 1.165) is 5.69 Å². The number of anilines is 4. The number of hydrogen-bond donors (Lipinski definition) is 4. The highest BCUT2D eigenvalue weighted by Crippen LogP contribution is 2.21. The number of H-pyrrole nitrogens is 1. The van der Waals surface area contributed by atoms with Gasteiger partial charge in [-0.15, -0.1) is 0 Å². The van der Waals surface area contributed by atoms with Gasteiger partial charge in [-0.25, -0.2) is 9.97 Å². The Hall–Kier alpha value is -4.21. The normalized spacial score (nSPS) is 10.5. The average molecular weight is 376 g/mol. The average Bonchev–Trinajstić information content (AvgIpc) is 3.40. The van der Waals surface area contributed by atoms with E-state index in [1.54, 1.807) is 43.6 Å². The highest BCUT2D eigenvalue weighted by atomic mass is 16.3. The molecule has 0 saturated carbocycles. The van der Waals surface area contributed by atoms with E-state index >= 15 is 0 Å². The van der Waals surface area contributed by atoms with Crippen LogP contribution in [-0.2, 0) is 0 Å². The third-order valence-electron chi connectivity index (χ3n) is 3.78. The first-order valence-corrected chi connectivity index (χ1v) is 8.36. The molecule has 10 heteroatoms. The Morgan fingerprint density at radius 1 is 1.07 bits per heavy atom. The molecule has 28 heavy (non-hydrogen) atoms. The molecule has 1 amide bonds. The zero-order chi connectivity index (χ0) is 19.3. The highest BCUT2D eigenvalue weighted by molar-refractivity contribution is 5.95. The zero-order valence-corrected chi connectivity index (χ0v) is 14.8. The first kappa shape index (κ1) is 17.2. The number of carbonyl (C=O) groups is 1. The lowest BCUT2D eigenvalue weighted by atomic mass is 10.2. The summed E-state index contributed by atoms with van der Waals surface area (Å²) in [6.07, 6.45) is 2.96. The Balaban J connectivity index is 1.48. The molecule has 1 aromatic carbocycles. The van der Waals surface area contributed by atoms with Crippen LogP contribution in [0.25, 0.3) is 11.5 Å². The summed E-state index contributed by atoms with van der Waals surface area (Å²) < 4.78 is 5.32. The second-order valence-electron chi connectivity index (χ2n) is 5.69. The molecule has 0 unspecified atom stereocenters. The number of carbonyl (C=O) groups excluding carboxylic acids is 1. The summed E-state index contributed by atoms with van der Waals surface area (Å²) in [5.41, 5.74) is 1.94. The van der Waals surface area contributed by atoms with Gasteiger partial charge in [0.1, 0.15) is 12.0 Å². The van der Waals surface area contributed by atoms with Crippen LogP contribution in [0.4, 0.5) is 23.4 Å². The summed E-state index contributed by atoms with van der Waals surface area (Å²) >= 11 is 0. The number of benzene rings is 1. The summed E-state index contributed by atoms with van der Waals surface area (Å²) in [6.45, 7) is 0. The van der Waals surface area contributed by atoms with Gasteiger partial charge in [-0.1, -0.05) is 6.07 Å². The van der Waals surface area contributed by atoms with Crippen LogP contribution in [-0.4, -0.2) is 38.1 Å². The van der Waals surface area contributed by atoms with Crippen LogP contribution >= 0.6 is 0 Å². The van der Waals surface area contributed by atoms with Gasteiger partial charge < -0.3 is 20.4 Å². The minimum Gasteiger partial charge on any atom is -0.463 e. The fourth-order valence-electron chi connectivity index (χ4n) is 2.49. The molecule has 10 nitrogen and oxygen atoms in total. The van der Waals surface area contributed by atoms with Crippen molar-refractivity contribution < 1.29 is 9.21 Å². The maximum absolute atomic E-state index is 11.8. The molecular weight excluding hydrogens is 360 g/mol. The Kier molecular flexibility index (Phi) is 4.66. The van der Waals surface area contributed by atoms with E-state index in [9.17, 15) is 4.79 Å². The first-order valence-electron chi connectivity index (χ1n) is 8.36. The van der Waals surface area contributed by atoms with Gasteiger partial charge in [0, 0.05) is 24.4 Å². The van der Waals surface area contributed by atoms with E-state index in [1.165, 1.54) is 6.33 Å². The summed E-state index contributed by atoms with van der Waals surface area (Å²) in [7, 11) is 1.58. The van der Waals surface area contributed by atoms with Crippen molar-refractivity contribution >= 4 is 29.3 Å². The highest BCUT2D eigenvalue weighted by Gasteiger charge is 2.09. The van der Waals surface area contributed by atoms with Crippen molar-refractivity contribution in [3.8, 4) is 11.5 Å². The van der Waals surface area contributed by atoms with Gasteiger partial charge in [0.15, 0.2) is 11.6 Å². The molecule has 0 bridgehead atoms. The van der Waals surface area contributed by atoms with Crippen LogP contribution in [0.3, 0.4) is 0 Å². The molecule has 140 valence electrons. The predicted octanol–water partition coefficient (Wildman–Crippen LogP) is 2.70. The molecule has 0 aliphatic heterocycles. The minimum atomic E-state index is -0.174. The van der Waals surface area contributed by atoms with Crippen LogP contribution in [0.2, 0.25) is 0 Å². The third kappa shape index (κ3) is 3.80. The predicted molar refractivity (Wildman–Crippen MR) is 103 cm³/mol. The Morgan fingerprint density at radius 2 is 1.93 bits per heavy atom. The van der Waals surface area contributed by atoms with Crippen molar-refractivity contribution in [1.29, 1.82) is 0 Å². The van der Waals surface area contributed by atoms with Crippen LogP contribution in [0, 0.1) is 0 Å². The van der Waals surface area contributed by atoms with E-state index in [2.05, 4.69) is 41.1 Å². The SMILES string of the molecule is CNC(=O)c1cccc(Nc2ncnc(Nc3cc(-c4ccco4)[nH]n3)n2)c1. The number of aromatic amines is 1. The number of hydrogen-bond acceptors (Lipinski definition) is 8. The fourth-order valence-corrected chi connectivity index (χ4v) is 2.49. The topological polar surface area (TPSA) is 134 Å². The number of nitrogens with one attached hydrogen (secondary N) is 4. The van der Waals surface area contributed by atoms with Gasteiger partial charge >= 0.3 is 0 Å². The molecule has 0 aliphatic rings. The van der Waals surface area contributed by atoms with Gasteiger partial charge in [-0.3, -0.25) is 9.89 Å². The summed E-state index contributed by atoms with van der Waals surface area (Å²) in [5, 5.41) is 15.7. The monoisotopic (exact) mass is 376 g/mol. The molecule has 4 aromatic rings. The lowest BCUT2D eigenvalue weighted by Crippen LogP contribution is -2.17. The van der Waals surface area contributed by atoms with E-state index in [-0.39, 0.29) is 5.91 Å². The zero-order valence-electron chi connectivity index (χ0n) is 14.8. The quantitative estimate of drug-likeness (QED) is 0.404. The number of amides is 1. The van der Waals surface area contributed by atoms with Crippen molar-refractivity contribution in [2.45, 2.75) is 0 Å². The van der Waals surface area contributed by atoms with E-state index in [4.69, 9.17) is 4.42 Å². The molecule has 3 heterocycles. The van der Waals surface area contributed by atoms with Crippen LogP contribution in [0.5, 0.6) is 0 Å². The molecule has 0 aliphatic carbocycles. The molecule has 3 aromatic heterocycles.